The van der Waals surface area contributed by atoms with Crippen LogP contribution < -0.4 is 5.32 Å². The molecule has 0 amide bonds. The molecule has 12 heavy (non-hydrogen) atoms. The molecule has 0 aromatic rings. The summed E-state index contributed by atoms with van der Waals surface area (Å²) in [5, 5.41) is 12.5. The Labute approximate surface area is 74.8 Å². The summed E-state index contributed by atoms with van der Waals surface area (Å²) in [6.07, 6.45) is 0.973. The Balaban J connectivity index is 2.26. The van der Waals surface area contributed by atoms with Crippen molar-refractivity contribution in [2.45, 2.75) is 32.4 Å². The summed E-state index contributed by atoms with van der Waals surface area (Å²) in [6.45, 7) is 8.15. The minimum atomic E-state index is -0.197. The van der Waals surface area contributed by atoms with Crippen molar-refractivity contribution in [3.05, 3.63) is 0 Å². The number of hydrogen-bond donors (Lipinski definition) is 2. The Morgan fingerprint density at radius 2 is 2.25 bits per heavy atom. The molecule has 1 fully saturated rings. The molecule has 3 nitrogen and oxygen atoms in total. The van der Waals surface area contributed by atoms with E-state index in [0.29, 0.717) is 6.04 Å². The Bertz CT molecular complexity index is 124. The number of nitrogens with zero attached hydrogens (tertiary/aromatic N) is 1. The zero-order chi connectivity index (χ0) is 8.97. The predicted molar refractivity (Wildman–Crippen MR) is 50.2 cm³/mol. The zero-order valence-corrected chi connectivity index (χ0v) is 8.08. The molecule has 0 radical (unpaired) electrons. The van der Waals surface area contributed by atoms with E-state index < -0.39 is 0 Å². The van der Waals surface area contributed by atoms with Gasteiger partial charge in [0, 0.05) is 25.7 Å². The summed E-state index contributed by atoms with van der Waals surface area (Å²) in [4.78, 5) is 2.38. The molecule has 1 atom stereocenters. The molecule has 0 saturated carbocycles. The van der Waals surface area contributed by atoms with Gasteiger partial charge < -0.3 is 10.4 Å². The Kier molecular flexibility index (Phi) is 3.98. The number of hydrogen-bond acceptors (Lipinski definition) is 3. The second-order valence-corrected chi connectivity index (χ2v) is 3.66. The summed E-state index contributed by atoms with van der Waals surface area (Å²) in [6, 6.07) is 0.666. The molecule has 0 unspecified atom stereocenters. The third kappa shape index (κ3) is 2.73. The molecule has 1 aliphatic rings. The van der Waals surface area contributed by atoms with Crippen molar-refractivity contribution < 1.29 is 5.11 Å². The molecule has 1 aliphatic heterocycles. The van der Waals surface area contributed by atoms with Gasteiger partial charge in [-0.05, 0) is 19.9 Å². The van der Waals surface area contributed by atoms with E-state index in [4.69, 9.17) is 0 Å². The van der Waals surface area contributed by atoms with Crippen molar-refractivity contribution in [2.24, 2.45) is 0 Å². The van der Waals surface area contributed by atoms with E-state index in [1.165, 1.54) is 6.42 Å². The molecular weight excluding hydrogens is 152 g/mol. The van der Waals surface area contributed by atoms with Gasteiger partial charge >= 0.3 is 0 Å². The fourth-order valence-electron chi connectivity index (χ4n) is 1.58. The van der Waals surface area contributed by atoms with Crippen LogP contribution in [-0.2, 0) is 0 Å². The highest BCUT2D eigenvalue weighted by atomic mass is 16.3. The summed E-state index contributed by atoms with van der Waals surface area (Å²) in [5.41, 5.74) is 0. The lowest BCUT2D eigenvalue weighted by atomic mass is 10.1. The van der Waals surface area contributed by atoms with Crippen molar-refractivity contribution in [3.63, 3.8) is 0 Å². The first-order valence-electron chi connectivity index (χ1n) is 4.87. The maximum absolute atomic E-state index is 9.26. The molecule has 0 spiro atoms. The lowest BCUT2D eigenvalue weighted by Gasteiger charge is -2.38. The van der Waals surface area contributed by atoms with E-state index >= 15 is 0 Å². The maximum atomic E-state index is 9.26. The van der Waals surface area contributed by atoms with Gasteiger partial charge in [-0.2, -0.15) is 0 Å². The van der Waals surface area contributed by atoms with Crippen LogP contribution in [0.15, 0.2) is 0 Å². The molecule has 1 saturated heterocycles. The highest BCUT2D eigenvalue weighted by Gasteiger charge is 2.24. The van der Waals surface area contributed by atoms with Gasteiger partial charge in [-0.15, -0.1) is 0 Å². The van der Waals surface area contributed by atoms with Gasteiger partial charge in [0.2, 0.25) is 0 Å². The monoisotopic (exact) mass is 172 g/mol. The lowest BCUT2D eigenvalue weighted by molar-refractivity contribution is 0.0770. The van der Waals surface area contributed by atoms with Gasteiger partial charge in [0.15, 0.2) is 0 Å². The van der Waals surface area contributed by atoms with Gasteiger partial charge in [-0.1, -0.05) is 6.92 Å². The van der Waals surface area contributed by atoms with Gasteiger partial charge in [0.1, 0.15) is 0 Å². The third-order valence-electron chi connectivity index (χ3n) is 2.29. The average Bonchev–Trinajstić information content (AvgIpc) is 1.81. The standard InChI is InChI=1S/C9H20N2O/c1-3-4-11(7-8(2)12)9-5-10-6-9/h8-10,12H,3-7H2,1-2H3/t8-/m0/s1. The van der Waals surface area contributed by atoms with Gasteiger partial charge in [-0.25, -0.2) is 0 Å². The lowest BCUT2D eigenvalue weighted by Crippen LogP contribution is -2.58. The van der Waals surface area contributed by atoms with E-state index in [-0.39, 0.29) is 6.10 Å². The molecule has 0 aromatic heterocycles. The van der Waals surface area contributed by atoms with Crippen molar-refractivity contribution in [1.82, 2.24) is 10.2 Å². The van der Waals surface area contributed by atoms with Gasteiger partial charge in [-0.3, -0.25) is 4.90 Å². The van der Waals surface area contributed by atoms with Gasteiger partial charge in [0.05, 0.1) is 6.10 Å². The number of aliphatic hydroxyl groups excluding tert-OH is 1. The Hall–Kier alpha value is -0.120. The molecule has 3 heteroatoms. The quantitative estimate of drug-likeness (QED) is 0.615. The van der Waals surface area contributed by atoms with Crippen LogP contribution in [0.3, 0.4) is 0 Å². The van der Waals surface area contributed by atoms with Crippen molar-refractivity contribution >= 4 is 0 Å². The van der Waals surface area contributed by atoms with Crippen LogP contribution in [0.4, 0.5) is 0 Å². The highest BCUT2D eigenvalue weighted by molar-refractivity contribution is 4.84. The summed E-state index contributed by atoms with van der Waals surface area (Å²) in [5.74, 6) is 0. The topological polar surface area (TPSA) is 35.5 Å². The van der Waals surface area contributed by atoms with Crippen LogP contribution in [-0.4, -0.2) is 48.3 Å². The van der Waals surface area contributed by atoms with Crippen molar-refractivity contribution in [1.29, 1.82) is 0 Å². The number of aliphatic hydroxyl groups is 1. The summed E-state index contributed by atoms with van der Waals surface area (Å²) in [7, 11) is 0. The first-order valence-corrected chi connectivity index (χ1v) is 4.87. The Morgan fingerprint density at radius 3 is 2.58 bits per heavy atom. The second kappa shape index (κ2) is 4.80. The summed E-state index contributed by atoms with van der Waals surface area (Å²) >= 11 is 0. The second-order valence-electron chi connectivity index (χ2n) is 3.66. The van der Waals surface area contributed by atoms with E-state index in [1.807, 2.05) is 6.92 Å². The van der Waals surface area contributed by atoms with E-state index in [9.17, 15) is 5.11 Å². The van der Waals surface area contributed by atoms with E-state index in [2.05, 4.69) is 17.1 Å². The van der Waals surface area contributed by atoms with Crippen LogP contribution in [0.25, 0.3) is 0 Å². The van der Waals surface area contributed by atoms with E-state index in [0.717, 1.165) is 26.2 Å². The Morgan fingerprint density at radius 1 is 1.58 bits per heavy atom. The fourth-order valence-corrected chi connectivity index (χ4v) is 1.58. The molecule has 0 aliphatic carbocycles. The van der Waals surface area contributed by atoms with Crippen LogP contribution in [0, 0.1) is 0 Å². The third-order valence-corrected chi connectivity index (χ3v) is 2.29. The van der Waals surface area contributed by atoms with E-state index in [1.54, 1.807) is 0 Å². The van der Waals surface area contributed by atoms with Crippen LogP contribution in [0.2, 0.25) is 0 Å². The fraction of sp³-hybridized carbons (Fsp3) is 1.00. The zero-order valence-electron chi connectivity index (χ0n) is 8.08. The van der Waals surface area contributed by atoms with Gasteiger partial charge in [0.25, 0.3) is 0 Å². The maximum Gasteiger partial charge on any atom is 0.0639 e. The van der Waals surface area contributed by atoms with Crippen LogP contribution in [0.5, 0.6) is 0 Å². The summed E-state index contributed by atoms with van der Waals surface area (Å²) < 4.78 is 0. The highest BCUT2D eigenvalue weighted by Crippen LogP contribution is 2.06. The predicted octanol–water partition coefficient (Wildman–Crippen LogP) is 0.0510. The first-order chi connectivity index (χ1) is 5.74. The minimum Gasteiger partial charge on any atom is -0.392 e. The number of nitrogens with one attached hydrogen (secondary N) is 1. The van der Waals surface area contributed by atoms with Crippen molar-refractivity contribution in [3.8, 4) is 0 Å². The molecule has 0 aromatic carbocycles. The smallest absolute Gasteiger partial charge is 0.0639 e. The minimum absolute atomic E-state index is 0.197. The molecule has 2 N–H and O–H groups in total. The first kappa shape index (κ1) is 9.96. The largest absolute Gasteiger partial charge is 0.392 e. The van der Waals surface area contributed by atoms with Crippen molar-refractivity contribution in [2.75, 3.05) is 26.2 Å². The molecular formula is C9H20N2O. The molecule has 1 heterocycles. The number of rotatable bonds is 5. The molecule has 0 bridgehead atoms. The SMILES string of the molecule is CCCN(C[C@H](C)O)C1CNC1. The molecule has 1 rings (SSSR count). The average molecular weight is 172 g/mol. The van der Waals surface area contributed by atoms with Crippen LogP contribution >= 0.6 is 0 Å². The van der Waals surface area contributed by atoms with Crippen LogP contribution in [0.1, 0.15) is 20.3 Å². The molecule has 72 valence electrons. The normalized spacial score (nSPS) is 21.0.